The molecule has 0 radical (unpaired) electrons. The second kappa shape index (κ2) is 5.35. The Morgan fingerprint density at radius 2 is 2.21 bits per heavy atom. The molecule has 1 unspecified atom stereocenters. The molecule has 0 bridgehead atoms. The standard InChI is InChI=1S/C14H17BrN4/c15-11-3-1-2-4-12(11)18-13(7-16)14-8-17-9-19(14)10-5-6-10/h1-4,8-10,13,18H,5-7,16H2. The zero-order valence-corrected chi connectivity index (χ0v) is 12.2. The predicted octanol–water partition coefficient (Wildman–Crippen LogP) is 3.09. The number of nitrogens with one attached hydrogen (secondary N) is 1. The fourth-order valence-corrected chi connectivity index (χ4v) is 2.66. The van der Waals surface area contributed by atoms with E-state index in [1.165, 1.54) is 18.5 Å². The number of hydrogen-bond donors (Lipinski definition) is 2. The number of anilines is 1. The van der Waals surface area contributed by atoms with Crippen LogP contribution in [0.1, 0.15) is 30.6 Å². The Kier molecular flexibility index (Phi) is 3.57. The normalized spacial score (nSPS) is 16.3. The van der Waals surface area contributed by atoms with Crippen molar-refractivity contribution in [3.8, 4) is 0 Å². The van der Waals surface area contributed by atoms with Crippen molar-refractivity contribution in [2.75, 3.05) is 11.9 Å². The Hall–Kier alpha value is -1.33. The highest BCUT2D eigenvalue weighted by Gasteiger charge is 2.27. The van der Waals surface area contributed by atoms with E-state index >= 15 is 0 Å². The van der Waals surface area contributed by atoms with Gasteiger partial charge in [-0.05, 0) is 40.9 Å². The van der Waals surface area contributed by atoms with Crippen LogP contribution in [0, 0.1) is 0 Å². The minimum atomic E-state index is 0.0850. The summed E-state index contributed by atoms with van der Waals surface area (Å²) in [5.74, 6) is 0. The third kappa shape index (κ3) is 2.67. The first-order valence-corrected chi connectivity index (χ1v) is 7.31. The largest absolute Gasteiger partial charge is 0.375 e. The van der Waals surface area contributed by atoms with Crippen LogP contribution < -0.4 is 11.1 Å². The summed E-state index contributed by atoms with van der Waals surface area (Å²) in [5.41, 5.74) is 8.16. The van der Waals surface area contributed by atoms with Crippen LogP contribution in [0.15, 0.2) is 41.3 Å². The van der Waals surface area contributed by atoms with Gasteiger partial charge in [-0.2, -0.15) is 0 Å². The second-order valence-electron chi connectivity index (χ2n) is 4.87. The van der Waals surface area contributed by atoms with Gasteiger partial charge in [0.1, 0.15) is 0 Å². The maximum atomic E-state index is 5.93. The van der Waals surface area contributed by atoms with E-state index in [0.717, 1.165) is 10.2 Å². The van der Waals surface area contributed by atoms with E-state index < -0.39 is 0 Å². The van der Waals surface area contributed by atoms with E-state index in [1.807, 2.05) is 36.8 Å². The van der Waals surface area contributed by atoms with Gasteiger partial charge in [0.25, 0.3) is 0 Å². The Bertz CT molecular complexity index is 562. The molecule has 2 aromatic rings. The van der Waals surface area contributed by atoms with Crippen LogP contribution >= 0.6 is 15.9 Å². The van der Waals surface area contributed by atoms with E-state index in [4.69, 9.17) is 5.73 Å². The minimum Gasteiger partial charge on any atom is -0.375 e. The van der Waals surface area contributed by atoms with E-state index in [9.17, 15) is 0 Å². The predicted molar refractivity (Wildman–Crippen MR) is 80.1 cm³/mol. The van der Waals surface area contributed by atoms with Gasteiger partial charge >= 0.3 is 0 Å². The Balaban J connectivity index is 1.84. The number of halogens is 1. The van der Waals surface area contributed by atoms with Crippen LogP contribution in [0.2, 0.25) is 0 Å². The third-order valence-corrected chi connectivity index (χ3v) is 4.12. The number of hydrogen-bond acceptors (Lipinski definition) is 3. The molecule has 3 N–H and O–H groups in total. The number of benzene rings is 1. The van der Waals surface area contributed by atoms with E-state index in [1.54, 1.807) is 0 Å². The molecule has 100 valence electrons. The fraction of sp³-hybridized carbons (Fsp3) is 0.357. The lowest BCUT2D eigenvalue weighted by atomic mass is 10.2. The van der Waals surface area contributed by atoms with Crippen LogP contribution in [-0.4, -0.2) is 16.1 Å². The van der Waals surface area contributed by atoms with Gasteiger partial charge < -0.3 is 15.6 Å². The molecule has 1 atom stereocenters. The van der Waals surface area contributed by atoms with Gasteiger partial charge in [0, 0.05) is 22.7 Å². The lowest BCUT2D eigenvalue weighted by Gasteiger charge is -2.20. The molecule has 1 aliphatic rings. The molecule has 4 nitrogen and oxygen atoms in total. The molecule has 0 saturated heterocycles. The molecule has 1 aromatic heterocycles. The summed E-state index contributed by atoms with van der Waals surface area (Å²) < 4.78 is 3.30. The number of nitrogens with two attached hydrogens (primary N) is 1. The van der Waals surface area contributed by atoms with Gasteiger partial charge in [-0.25, -0.2) is 4.98 Å². The number of aromatic nitrogens is 2. The Morgan fingerprint density at radius 1 is 1.42 bits per heavy atom. The summed E-state index contributed by atoms with van der Waals surface area (Å²) in [5, 5.41) is 3.49. The summed E-state index contributed by atoms with van der Waals surface area (Å²) in [7, 11) is 0. The number of imidazole rings is 1. The molecular formula is C14H17BrN4. The molecule has 1 aromatic carbocycles. The van der Waals surface area contributed by atoms with Gasteiger partial charge in [-0.1, -0.05) is 12.1 Å². The molecule has 3 rings (SSSR count). The fourth-order valence-electron chi connectivity index (χ4n) is 2.26. The zero-order valence-electron chi connectivity index (χ0n) is 10.6. The minimum absolute atomic E-state index is 0.0850. The van der Waals surface area contributed by atoms with Gasteiger partial charge in [0.2, 0.25) is 0 Å². The summed E-state index contributed by atoms with van der Waals surface area (Å²) in [6.07, 6.45) is 6.32. The van der Waals surface area contributed by atoms with Crippen molar-refractivity contribution in [2.45, 2.75) is 24.9 Å². The van der Waals surface area contributed by atoms with Crippen molar-refractivity contribution < 1.29 is 0 Å². The van der Waals surface area contributed by atoms with Gasteiger partial charge in [0.05, 0.1) is 24.3 Å². The molecule has 5 heteroatoms. The average molecular weight is 321 g/mol. The topological polar surface area (TPSA) is 55.9 Å². The van der Waals surface area contributed by atoms with Crippen molar-refractivity contribution in [2.24, 2.45) is 5.73 Å². The van der Waals surface area contributed by atoms with E-state index in [0.29, 0.717) is 12.6 Å². The molecule has 0 amide bonds. The maximum Gasteiger partial charge on any atom is 0.0951 e. The highest BCUT2D eigenvalue weighted by molar-refractivity contribution is 9.10. The summed E-state index contributed by atoms with van der Waals surface area (Å²) in [4.78, 5) is 4.27. The molecule has 1 heterocycles. The quantitative estimate of drug-likeness (QED) is 0.890. The number of nitrogens with zero attached hydrogens (tertiary/aromatic N) is 2. The van der Waals surface area contributed by atoms with Gasteiger partial charge in [-0.3, -0.25) is 0 Å². The third-order valence-electron chi connectivity index (χ3n) is 3.43. The average Bonchev–Trinajstić information content (AvgIpc) is 3.16. The summed E-state index contributed by atoms with van der Waals surface area (Å²) in [6, 6.07) is 8.79. The zero-order chi connectivity index (χ0) is 13.2. The smallest absolute Gasteiger partial charge is 0.0951 e. The van der Waals surface area contributed by atoms with Crippen molar-refractivity contribution >= 4 is 21.6 Å². The first kappa shape index (κ1) is 12.7. The highest BCUT2D eigenvalue weighted by Crippen LogP contribution is 2.37. The Morgan fingerprint density at radius 3 is 2.89 bits per heavy atom. The molecule has 0 spiro atoms. The molecule has 1 fully saturated rings. The SMILES string of the molecule is NCC(Nc1ccccc1Br)c1cncn1C1CC1. The molecule has 19 heavy (non-hydrogen) atoms. The second-order valence-corrected chi connectivity index (χ2v) is 5.72. The van der Waals surface area contributed by atoms with Crippen LogP contribution in [0.3, 0.4) is 0 Å². The lowest BCUT2D eigenvalue weighted by molar-refractivity contribution is 0.642. The van der Waals surface area contributed by atoms with Crippen molar-refractivity contribution in [1.29, 1.82) is 0 Å². The molecule has 1 saturated carbocycles. The first-order valence-electron chi connectivity index (χ1n) is 6.52. The van der Waals surface area contributed by atoms with Crippen LogP contribution in [0.25, 0.3) is 0 Å². The number of para-hydroxylation sites is 1. The van der Waals surface area contributed by atoms with E-state index in [-0.39, 0.29) is 6.04 Å². The molecule has 0 aliphatic heterocycles. The van der Waals surface area contributed by atoms with E-state index in [2.05, 4.69) is 30.8 Å². The van der Waals surface area contributed by atoms with Crippen LogP contribution in [-0.2, 0) is 0 Å². The number of rotatable bonds is 5. The van der Waals surface area contributed by atoms with Gasteiger partial charge in [-0.15, -0.1) is 0 Å². The van der Waals surface area contributed by atoms with Crippen molar-refractivity contribution in [3.05, 3.63) is 47.0 Å². The van der Waals surface area contributed by atoms with Crippen molar-refractivity contribution in [1.82, 2.24) is 9.55 Å². The monoisotopic (exact) mass is 320 g/mol. The molecule has 1 aliphatic carbocycles. The highest BCUT2D eigenvalue weighted by atomic mass is 79.9. The van der Waals surface area contributed by atoms with Crippen LogP contribution in [0.5, 0.6) is 0 Å². The summed E-state index contributed by atoms with van der Waals surface area (Å²) >= 11 is 3.55. The van der Waals surface area contributed by atoms with Crippen molar-refractivity contribution in [3.63, 3.8) is 0 Å². The summed E-state index contributed by atoms with van der Waals surface area (Å²) in [6.45, 7) is 0.541. The lowest BCUT2D eigenvalue weighted by Crippen LogP contribution is -2.23. The Labute approximate surface area is 121 Å². The van der Waals surface area contributed by atoms with Crippen LogP contribution in [0.4, 0.5) is 5.69 Å². The first-order chi connectivity index (χ1) is 9.29. The molecular weight excluding hydrogens is 304 g/mol. The maximum absolute atomic E-state index is 5.93. The van der Waals surface area contributed by atoms with Gasteiger partial charge in [0.15, 0.2) is 0 Å².